The Morgan fingerprint density at radius 1 is 1.14 bits per heavy atom. The molecule has 1 rings (SSSR count). The lowest BCUT2D eigenvalue weighted by molar-refractivity contribution is 0.0640. The number of unbranched alkanes of at least 4 members (excludes halogenated alkanes) is 1. The molecule has 0 bridgehead atoms. The van der Waals surface area contributed by atoms with E-state index in [1.54, 1.807) is 0 Å². The molecule has 0 spiro atoms. The fraction of sp³-hybridized carbons (Fsp3) is 1.00. The number of ether oxygens (including phenoxy) is 1. The van der Waals surface area contributed by atoms with Crippen LogP contribution in [0.5, 0.6) is 0 Å². The minimum Gasteiger partial charge on any atom is -0.381 e. The van der Waals surface area contributed by atoms with E-state index in [9.17, 15) is 0 Å². The first-order valence-electron chi connectivity index (χ1n) is 5.92. The first-order chi connectivity index (χ1) is 6.93. The number of rotatable bonds is 7. The van der Waals surface area contributed by atoms with Gasteiger partial charge in [0.2, 0.25) is 0 Å². The van der Waals surface area contributed by atoms with Crippen molar-refractivity contribution in [2.75, 3.05) is 32.8 Å². The Bertz CT molecular complexity index is 124. The second-order valence-electron chi connectivity index (χ2n) is 4.09. The molecule has 0 aromatic rings. The Balaban J connectivity index is 1.82. The molecule has 3 N–H and O–H groups in total. The average molecular weight is 200 g/mol. The predicted molar refractivity (Wildman–Crippen MR) is 59.3 cm³/mol. The van der Waals surface area contributed by atoms with E-state index < -0.39 is 0 Å². The van der Waals surface area contributed by atoms with Gasteiger partial charge in [-0.2, -0.15) is 0 Å². The molecular weight excluding hydrogens is 176 g/mol. The van der Waals surface area contributed by atoms with Gasteiger partial charge in [-0.05, 0) is 57.7 Å². The SMILES string of the molecule is NCCCCNCCC1CCOCC1. The van der Waals surface area contributed by atoms with Gasteiger partial charge in [0.05, 0.1) is 0 Å². The number of hydrogen-bond donors (Lipinski definition) is 2. The summed E-state index contributed by atoms with van der Waals surface area (Å²) in [6.07, 6.45) is 6.18. The van der Waals surface area contributed by atoms with Gasteiger partial charge in [-0.1, -0.05) is 0 Å². The predicted octanol–water partition coefficient (Wildman–Crippen LogP) is 1.13. The Kier molecular flexibility index (Phi) is 7.01. The first kappa shape index (κ1) is 12.0. The maximum atomic E-state index is 5.42. The van der Waals surface area contributed by atoms with Crippen molar-refractivity contribution < 1.29 is 4.74 Å². The van der Waals surface area contributed by atoms with E-state index >= 15 is 0 Å². The van der Waals surface area contributed by atoms with Crippen LogP contribution in [-0.4, -0.2) is 32.8 Å². The molecule has 0 aromatic carbocycles. The summed E-state index contributed by atoms with van der Waals surface area (Å²) in [6, 6.07) is 0. The van der Waals surface area contributed by atoms with Gasteiger partial charge < -0.3 is 15.8 Å². The van der Waals surface area contributed by atoms with Crippen LogP contribution < -0.4 is 11.1 Å². The molecule has 14 heavy (non-hydrogen) atoms. The highest BCUT2D eigenvalue weighted by Crippen LogP contribution is 2.17. The van der Waals surface area contributed by atoms with Crippen molar-refractivity contribution in [3.8, 4) is 0 Å². The minimum atomic E-state index is 0.821. The number of nitrogens with two attached hydrogens (primary N) is 1. The zero-order chi connectivity index (χ0) is 10.1. The van der Waals surface area contributed by atoms with Crippen LogP contribution in [0.15, 0.2) is 0 Å². The molecule has 0 unspecified atom stereocenters. The largest absolute Gasteiger partial charge is 0.381 e. The molecule has 1 saturated heterocycles. The molecule has 3 nitrogen and oxygen atoms in total. The van der Waals surface area contributed by atoms with Gasteiger partial charge in [0, 0.05) is 13.2 Å². The summed E-state index contributed by atoms with van der Waals surface area (Å²) in [7, 11) is 0. The zero-order valence-corrected chi connectivity index (χ0v) is 9.13. The second-order valence-corrected chi connectivity index (χ2v) is 4.09. The van der Waals surface area contributed by atoms with Gasteiger partial charge in [-0.3, -0.25) is 0 Å². The Morgan fingerprint density at radius 2 is 1.93 bits per heavy atom. The summed E-state index contributed by atoms with van der Waals surface area (Å²) in [4.78, 5) is 0. The van der Waals surface area contributed by atoms with Crippen LogP contribution in [0.2, 0.25) is 0 Å². The van der Waals surface area contributed by atoms with Crippen molar-refractivity contribution >= 4 is 0 Å². The van der Waals surface area contributed by atoms with Crippen LogP contribution in [0.3, 0.4) is 0 Å². The molecule has 0 saturated carbocycles. The molecule has 0 aliphatic carbocycles. The van der Waals surface area contributed by atoms with E-state index in [0.29, 0.717) is 0 Å². The topological polar surface area (TPSA) is 47.3 Å². The van der Waals surface area contributed by atoms with Crippen LogP contribution >= 0.6 is 0 Å². The van der Waals surface area contributed by atoms with Gasteiger partial charge in [0.1, 0.15) is 0 Å². The van der Waals surface area contributed by atoms with Crippen LogP contribution in [0.4, 0.5) is 0 Å². The lowest BCUT2D eigenvalue weighted by Crippen LogP contribution is -2.23. The molecule has 3 heteroatoms. The van der Waals surface area contributed by atoms with Crippen molar-refractivity contribution in [1.82, 2.24) is 5.32 Å². The van der Waals surface area contributed by atoms with Crippen LogP contribution in [-0.2, 0) is 4.74 Å². The summed E-state index contributed by atoms with van der Waals surface area (Å²) in [5.41, 5.74) is 5.42. The molecular formula is C11H24N2O. The third kappa shape index (κ3) is 5.58. The molecule has 0 aromatic heterocycles. The first-order valence-corrected chi connectivity index (χ1v) is 5.92. The molecule has 0 atom stereocenters. The highest BCUT2D eigenvalue weighted by atomic mass is 16.5. The Hall–Kier alpha value is -0.120. The van der Waals surface area contributed by atoms with E-state index in [-0.39, 0.29) is 0 Å². The summed E-state index contributed by atoms with van der Waals surface area (Å²) < 4.78 is 5.32. The van der Waals surface area contributed by atoms with Crippen LogP contribution in [0.25, 0.3) is 0 Å². The van der Waals surface area contributed by atoms with Crippen molar-refractivity contribution in [2.45, 2.75) is 32.1 Å². The molecule has 84 valence electrons. The Labute approximate surface area is 87.4 Å². The maximum Gasteiger partial charge on any atom is 0.0468 e. The van der Waals surface area contributed by atoms with Gasteiger partial charge in [-0.25, -0.2) is 0 Å². The third-order valence-electron chi connectivity index (χ3n) is 2.88. The normalized spacial score (nSPS) is 18.6. The van der Waals surface area contributed by atoms with Gasteiger partial charge in [0.15, 0.2) is 0 Å². The zero-order valence-electron chi connectivity index (χ0n) is 9.13. The van der Waals surface area contributed by atoms with Crippen LogP contribution in [0.1, 0.15) is 32.1 Å². The second kappa shape index (κ2) is 8.21. The van der Waals surface area contributed by atoms with E-state index in [1.165, 1.54) is 25.7 Å². The fourth-order valence-corrected chi connectivity index (χ4v) is 1.86. The summed E-state index contributed by atoms with van der Waals surface area (Å²) >= 11 is 0. The Morgan fingerprint density at radius 3 is 2.64 bits per heavy atom. The van der Waals surface area contributed by atoms with Crippen molar-refractivity contribution in [3.63, 3.8) is 0 Å². The lowest BCUT2D eigenvalue weighted by Gasteiger charge is -2.21. The highest BCUT2D eigenvalue weighted by molar-refractivity contribution is 4.64. The quantitative estimate of drug-likeness (QED) is 0.606. The fourth-order valence-electron chi connectivity index (χ4n) is 1.86. The van der Waals surface area contributed by atoms with E-state index in [1.807, 2.05) is 0 Å². The van der Waals surface area contributed by atoms with Gasteiger partial charge >= 0.3 is 0 Å². The molecule has 0 amide bonds. The smallest absolute Gasteiger partial charge is 0.0468 e. The highest BCUT2D eigenvalue weighted by Gasteiger charge is 2.12. The molecule has 0 radical (unpaired) electrons. The van der Waals surface area contributed by atoms with E-state index in [2.05, 4.69) is 5.32 Å². The average Bonchev–Trinajstić information content (AvgIpc) is 2.25. The van der Waals surface area contributed by atoms with Gasteiger partial charge in [0.25, 0.3) is 0 Å². The van der Waals surface area contributed by atoms with Gasteiger partial charge in [-0.15, -0.1) is 0 Å². The standard InChI is InChI=1S/C11H24N2O/c12-6-1-2-7-13-8-3-11-4-9-14-10-5-11/h11,13H,1-10,12H2. The molecule has 1 aliphatic heterocycles. The van der Waals surface area contributed by atoms with Crippen molar-refractivity contribution in [1.29, 1.82) is 0 Å². The summed E-state index contributed by atoms with van der Waals surface area (Å²) in [5.74, 6) is 0.894. The lowest BCUT2D eigenvalue weighted by atomic mass is 9.97. The van der Waals surface area contributed by atoms with Crippen molar-refractivity contribution in [2.24, 2.45) is 11.7 Å². The molecule has 1 aliphatic rings. The van der Waals surface area contributed by atoms with E-state index in [4.69, 9.17) is 10.5 Å². The maximum absolute atomic E-state index is 5.42. The number of hydrogen-bond acceptors (Lipinski definition) is 3. The third-order valence-corrected chi connectivity index (χ3v) is 2.88. The summed E-state index contributed by atoms with van der Waals surface area (Å²) in [5, 5.41) is 3.47. The minimum absolute atomic E-state index is 0.821. The molecule has 1 heterocycles. The number of nitrogens with one attached hydrogen (secondary N) is 1. The monoisotopic (exact) mass is 200 g/mol. The van der Waals surface area contributed by atoms with Crippen LogP contribution in [0, 0.1) is 5.92 Å². The van der Waals surface area contributed by atoms with E-state index in [0.717, 1.165) is 45.2 Å². The molecule has 1 fully saturated rings. The summed E-state index contributed by atoms with van der Waals surface area (Å²) in [6.45, 7) is 5.05. The van der Waals surface area contributed by atoms with Crippen molar-refractivity contribution in [3.05, 3.63) is 0 Å².